The molecule has 1 aromatic rings. The number of rotatable bonds is 54. The smallest absolute Gasteiger partial charge is 0.407 e. The zero-order valence-corrected chi connectivity index (χ0v) is 50.2. The minimum absolute atomic E-state index is 0.0196. The lowest BCUT2D eigenvalue weighted by atomic mass is 10.0. The third kappa shape index (κ3) is 50.3. The highest BCUT2D eigenvalue weighted by molar-refractivity contribution is 5.72. The van der Waals surface area contributed by atoms with Gasteiger partial charge in [0.05, 0.1) is 6.61 Å². The van der Waals surface area contributed by atoms with Gasteiger partial charge in [-0.05, 0) is 116 Å². The molecule has 0 bridgehead atoms. The van der Waals surface area contributed by atoms with Crippen LogP contribution < -0.4 is 5.32 Å². The zero-order valence-electron chi connectivity index (χ0n) is 50.2. The summed E-state index contributed by atoms with van der Waals surface area (Å²) < 4.78 is 22.4. The minimum atomic E-state index is -0.900. The van der Waals surface area contributed by atoms with Crippen molar-refractivity contribution in [2.24, 2.45) is 0 Å². The molecule has 12 nitrogen and oxygen atoms in total. The number of esters is 2. The van der Waals surface area contributed by atoms with Gasteiger partial charge in [-0.2, -0.15) is 0 Å². The average Bonchev–Trinajstić information content (AvgIpc) is 3.40. The standard InChI is InChI=1S/C48H94N2O5.C16H25NO4/c1-5-8-11-14-17-26-35-44-54-47(52)38-29-22-18-24-32-41-50(43-34-31-40-49-45(4)51)42-33-25-19-23-30-39-48(53)55-46(36-27-20-15-12-9-6-2)37-28-21-16-13-10-7-3;1-3-20-15(21-4-2)11-8-12-17(16(18)19)13-14-9-6-5-7-10-14/h46H,5-44H2,1-4H3,(H,49,51);5-7,9-10,15H,3-4,8,11-13H2,1-2H3,(H,18,19). The first kappa shape index (κ1) is 72.8. The third-order valence-corrected chi connectivity index (χ3v) is 14.1. The van der Waals surface area contributed by atoms with Gasteiger partial charge in [-0.3, -0.25) is 14.4 Å². The van der Waals surface area contributed by atoms with Crippen LogP contribution in [0.1, 0.15) is 285 Å². The van der Waals surface area contributed by atoms with Gasteiger partial charge in [0, 0.05) is 59.0 Å². The van der Waals surface area contributed by atoms with Gasteiger partial charge in [0.25, 0.3) is 0 Å². The van der Waals surface area contributed by atoms with Gasteiger partial charge in [-0.15, -0.1) is 0 Å². The number of carbonyl (C=O) groups is 4. The van der Waals surface area contributed by atoms with E-state index in [4.69, 9.17) is 18.9 Å². The predicted octanol–water partition coefficient (Wildman–Crippen LogP) is 16.9. The summed E-state index contributed by atoms with van der Waals surface area (Å²) in [6.45, 7) is 18.9. The van der Waals surface area contributed by atoms with E-state index in [0.29, 0.717) is 58.6 Å². The van der Waals surface area contributed by atoms with Crippen molar-refractivity contribution in [2.75, 3.05) is 52.5 Å². The molecular weight excluding hydrogens is 955 g/mol. The molecule has 0 saturated carbocycles. The lowest BCUT2D eigenvalue weighted by molar-refractivity contribution is -0.150. The number of ether oxygens (including phenoxy) is 4. The van der Waals surface area contributed by atoms with Crippen LogP contribution in [-0.2, 0) is 39.9 Å². The van der Waals surface area contributed by atoms with E-state index in [-0.39, 0.29) is 30.2 Å². The van der Waals surface area contributed by atoms with Crippen molar-refractivity contribution in [1.82, 2.24) is 15.1 Å². The first-order valence-corrected chi connectivity index (χ1v) is 31.7. The third-order valence-electron chi connectivity index (χ3n) is 14.1. The molecule has 12 heteroatoms. The normalized spacial score (nSPS) is 11.3. The molecule has 0 fully saturated rings. The fourth-order valence-corrected chi connectivity index (χ4v) is 9.54. The highest BCUT2D eigenvalue weighted by Gasteiger charge is 2.16. The molecule has 0 unspecified atom stereocenters. The monoisotopic (exact) mass is 1070 g/mol. The maximum absolute atomic E-state index is 12.8. The molecule has 0 atom stereocenters. The minimum Gasteiger partial charge on any atom is -0.466 e. The van der Waals surface area contributed by atoms with Crippen LogP contribution in [0.4, 0.5) is 4.79 Å². The van der Waals surface area contributed by atoms with Crippen molar-refractivity contribution >= 4 is 23.9 Å². The summed E-state index contributed by atoms with van der Waals surface area (Å²) in [5, 5.41) is 12.2. The molecule has 0 aliphatic carbocycles. The van der Waals surface area contributed by atoms with E-state index in [1.54, 1.807) is 6.92 Å². The van der Waals surface area contributed by atoms with Crippen LogP contribution >= 0.6 is 0 Å². The van der Waals surface area contributed by atoms with Crippen LogP contribution in [0.5, 0.6) is 0 Å². The molecule has 1 aromatic carbocycles. The molecule has 0 spiro atoms. The fourth-order valence-electron chi connectivity index (χ4n) is 9.54. The maximum Gasteiger partial charge on any atom is 0.407 e. The van der Waals surface area contributed by atoms with E-state index in [1.165, 1.54) is 159 Å². The predicted molar refractivity (Wildman–Crippen MR) is 316 cm³/mol. The second-order valence-electron chi connectivity index (χ2n) is 21.3. The summed E-state index contributed by atoms with van der Waals surface area (Å²) in [4.78, 5) is 51.5. The Labute approximate surface area is 467 Å². The Morgan fingerprint density at radius 3 is 1.43 bits per heavy atom. The average molecular weight is 1070 g/mol. The van der Waals surface area contributed by atoms with Crippen molar-refractivity contribution < 1.29 is 43.2 Å². The molecule has 0 radical (unpaired) electrons. The molecule has 0 heterocycles. The molecular formula is C64H119N3O9. The fraction of sp³-hybridized carbons (Fsp3) is 0.844. The van der Waals surface area contributed by atoms with Gasteiger partial charge in [0.15, 0.2) is 6.29 Å². The zero-order chi connectivity index (χ0) is 55.8. The van der Waals surface area contributed by atoms with Crippen molar-refractivity contribution in [3.8, 4) is 0 Å². The number of unbranched alkanes of at least 4 members (excludes halogenated alkanes) is 25. The highest BCUT2D eigenvalue weighted by Crippen LogP contribution is 2.19. The van der Waals surface area contributed by atoms with E-state index < -0.39 is 6.09 Å². The van der Waals surface area contributed by atoms with Gasteiger partial charge in [0.2, 0.25) is 5.91 Å². The summed E-state index contributed by atoms with van der Waals surface area (Å²) in [7, 11) is 0. The Bertz CT molecular complexity index is 1410. The van der Waals surface area contributed by atoms with Crippen LogP contribution in [0, 0.1) is 0 Å². The molecule has 0 aliphatic rings. The van der Waals surface area contributed by atoms with Crippen LogP contribution in [0.3, 0.4) is 0 Å². The van der Waals surface area contributed by atoms with Gasteiger partial charge in [-0.25, -0.2) is 4.79 Å². The van der Waals surface area contributed by atoms with Crippen LogP contribution in [0.15, 0.2) is 30.3 Å². The summed E-state index contributed by atoms with van der Waals surface area (Å²) >= 11 is 0. The van der Waals surface area contributed by atoms with E-state index in [9.17, 15) is 24.3 Å². The second-order valence-corrected chi connectivity index (χ2v) is 21.3. The first-order valence-electron chi connectivity index (χ1n) is 31.7. The molecule has 2 N–H and O–H groups in total. The van der Waals surface area contributed by atoms with Crippen LogP contribution in [0.25, 0.3) is 0 Å². The van der Waals surface area contributed by atoms with Crippen LogP contribution in [0.2, 0.25) is 0 Å². The Morgan fingerprint density at radius 1 is 0.500 bits per heavy atom. The SMILES string of the molecule is CCCCCCCCCOC(=O)CCCCCCCN(CCCCCCCC(=O)OC(CCCCCCCC)CCCCCCCC)CCCCNC(C)=O.CCOC(CCCN(Cc1ccccc1)C(=O)O)OCC. The summed E-state index contributed by atoms with van der Waals surface area (Å²) in [5.41, 5.74) is 0.992. The van der Waals surface area contributed by atoms with E-state index in [0.717, 1.165) is 89.5 Å². The number of nitrogens with one attached hydrogen (secondary N) is 1. The second kappa shape index (κ2) is 56.5. The number of nitrogens with zero attached hydrogens (tertiary/aromatic N) is 2. The van der Waals surface area contributed by atoms with Crippen molar-refractivity contribution in [1.29, 1.82) is 0 Å². The maximum atomic E-state index is 12.8. The number of hydrogen-bond donors (Lipinski definition) is 2. The Balaban J connectivity index is 0.00000221. The molecule has 76 heavy (non-hydrogen) atoms. The Morgan fingerprint density at radius 2 is 0.947 bits per heavy atom. The van der Waals surface area contributed by atoms with E-state index in [2.05, 4.69) is 31.0 Å². The van der Waals surface area contributed by atoms with Crippen molar-refractivity contribution in [3.63, 3.8) is 0 Å². The molecule has 0 saturated heterocycles. The van der Waals surface area contributed by atoms with Crippen LogP contribution in [-0.4, -0.2) is 104 Å². The quantitative estimate of drug-likeness (QED) is 0.0367. The summed E-state index contributed by atoms with van der Waals surface area (Å²) in [6.07, 6.45) is 40.9. The van der Waals surface area contributed by atoms with Crippen molar-refractivity contribution in [3.05, 3.63) is 35.9 Å². The number of amides is 2. The molecule has 1 rings (SSSR count). The topological polar surface area (TPSA) is 144 Å². The lowest BCUT2D eigenvalue weighted by Gasteiger charge is -2.22. The number of carbonyl (C=O) groups excluding carboxylic acids is 3. The van der Waals surface area contributed by atoms with E-state index in [1.807, 2.05) is 44.2 Å². The number of benzene rings is 1. The number of hydrogen-bond acceptors (Lipinski definition) is 9. The molecule has 0 aliphatic heterocycles. The molecule has 444 valence electrons. The van der Waals surface area contributed by atoms with Crippen molar-refractivity contribution in [2.45, 2.75) is 298 Å². The van der Waals surface area contributed by atoms with Gasteiger partial charge in [0.1, 0.15) is 6.10 Å². The Hall–Kier alpha value is -3.22. The lowest BCUT2D eigenvalue weighted by Crippen LogP contribution is -2.31. The van der Waals surface area contributed by atoms with Gasteiger partial charge in [-0.1, -0.05) is 192 Å². The summed E-state index contributed by atoms with van der Waals surface area (Å²) in [5.74, 6) is 0.0430. The molecule has 2 amide bonds. The van der Waals surface area contributed by atoms with Gasteiger partial charge < -0.3 is 39.2 Å². The van der Waals surface area contributed by atoms with Gasteiger partial charge >= 0.3 is 18.0 Å². The first-order chi connectivity index (χ1) is 37.1. The van der Waals surface area contributed by atoms with E-state index >= 15 is 0 Å². The summed E-state index contributed by atoms with van der Waals surface area (Å²) in [6, 6.07) is 9.60. The molecule has 0 aromatic heterocycles. The largest absolute Gasteiger partial charge is 0.466 e. The number of carboxylic acid groups (broad SMARTS) is 1. The Kier molecular flexibility index (Phi) is 54.1. The highest BCUT2D eigenvalue weighted by atomic mass is 16.7.